The van der Waals surface area contributed by atoms with E-state index < -0.39 is 0 Å². The van der Waals surface area contributed by atoms with Crippen LogP contribution in [0.2, 0.25) is 0 Å². The number of carbonyl (C=O) groups excluding carboxylic acids is 1. The fourth-order valence-electron chi connectivity index (χ4n) is 0.488. The summed E-state index contributed by atoms with van der Waals surface area (Å²) in [6.45, 7) is 3.74. The van der Waals surface area contributed by atoms with Gasteiger partial charge in [-0.1, -0.05) is 6.92 Å². The van der Waals surface area contributed by atoms with E-state index in [9.17, 15) is 4.79 Å². The molecule has 3 nitrogen and oxygen atoms in total. The van der Waals surface area contributed by atoms with Crippen molar-refractivity contribution < 1.29 is 9.53 Å². The summed E-state index contributed by atoms with van der Waals surface area (Å²) in [5.41, 5.74) is 0. The van der Waals surface area contributed by atoms with Gasteiger partial charge in [-0.15, -0.1) is 0 Å². The lowest BCUT2D eigenvalue weighted by atomic mass is 10.3. The van der Waals surface area contributed by atoms with Gasteiger partial charge in [0.25, 0.3) is 0 Å². The summed E-state index contributed by atoms with van der Waals surface area (Å²) in [4.78, 5) is 12.7. The van der Waals surface area contributed by atoms with E-state index in [2.05, 4.69) is 0 Å². The molecule has 0 bridgehead atoms. The Kier molecular flexibility index (Phi) is 4.86. The standard InChI is InChI=1S/C8H16NO2/c1-5-6-8(10)11-7(2)9(3)4/h6-7H,5H2,1-4H3. The second-order valence-electron chi connectivity index (χ2n) is 2.61. The lowest BCUT2D eigenvalue weighted by molar-refractivity contribution is -0.151. The molecular weight excluding hydrogens is 142 g/mol. The molecule has 0 aromatic rings. The van der Waals surface area contributed by atoms with Gasteiger partial charge in [0.1, 0.15) is 0 Å². The Bertz CT molecular complexity index is 123. The van der Waals surface area contributed by atoms with Crippen LogP contribution in [0.25, 0.3) is 0 Å². The van der Waals surface area contributed by atoms with Crippen molar-refractivity contribution >= 4 is 5.97 Å². The van der Waals surface area contributed by atoms with Crippen molar-refractivity contribution in [1.82, 2.24) is 4.90 Å². The zero-order chi connectivity index (χ0) is 8.85. The fourth-order valence-corrected chi connectivity index (χ4v) is 0.488. The van der Waals surface area contributed by atoms with Crippen LogP contribution in [0.1, 0.15) is 20.3 Å². The van der Waals surface area contributed by atoms with Crippen LogP contribution in [0, 0.1) is 6.42 Å². The maximum Gasteiger partial charge on any atom is 0.311 e. The highest BCUT2D eigenvalue weighted by Gasteiger charge is 2.09. The van der Waals surface area contributed by atoms with Crippen LogP contribution in [-0.2, 0) is 9.53 Å². The predicted molar refractivity (Wildman–Crippen MR) is 43.8 cm³/mol. The van der Waals surface area contributed by atoms with Gasteiger partial charge < -0.3 is 4.74 Å². The van der Waals surface area contributed by atoms with Crippen LogP contribution < -0.4 is 0 Å². The lowest BCUT2D eigenvalue weighted by Gasteiger charge is -2.19. The highest BCUT2D eigenvalue weighted by Crippen LogP contribution is 1.97. The molecule has 0 aliphatic heterocycles. The second-order valence-corrected chi connectivity index (χ2v) is 2.61. The van der Waals surface area contributed by atoms with Crippen LogP contribution in [-0.4, -0.2) is 31.2 Å². The van der Waals surface area contributed by atoms with Crippen molar-refractivity contribution in [3.8, 4) is 0 Å². The first-order valence-corrected chi connectivity index (χ1v) is 3.78. The van der Waals surface area contributed by atoms with E-state index in [0.29, 0.717) is 0 Å². The molecule has 0 aromatic heterocycles. The smallest absolute Gasteiger partial charge is 0.311 e. The summed E-state index contributed by atoms with van der Waals surface area (Å²) >= 11 is 0. The lowest BCUT2D eigenvalue weighted by Crippen LogP contribution is -2.29. The van der Waals surface area contributed by atoms with Gasteiger partial charge in [0.2, 0.25) is 0 Å². The van der Waals surface area contributed by atoms with Gasteiger partial charge in [0, 0.05) is 0 Å². The van der Waals surface area contributed by atoms with Crippen LogP contribution in [0.15, 0.2) is 0 Å². The van der Waals surface area contributed by atoms with Gasteiger partial charge in [-0.05, 0) is 27.4 Å². The molecule has 11 heavy (non-hydrogen) atoms. The molecule has 0 aliphatic rings. The summed E-state index contributed by atoms with van der Waals surface area (Å²) < 4.78 is 4.98. The molecule has 0 amide bonds. The zero-order valence-corrected chi connectivity index (χ0v) is 7.63. The summed E-state index contributed by atoms with van der Waals surface area (Å²) in [6, 6.07) is 0. The molecule has 0 heterocycles. The minimum Gasteiger partial charge on any atom is -0.446 e. The number of carbonyl (C=O) groups is 1. The third-order valence-corrected chi connectivity index (χ3v) is 1.38. The Balaban J connectivity index is 3.57. The number of nitrogens with zero attached hydrogens (tertiary/aromatic N) is 1. The van der Waals surface area contributed by atoms with E-state index >= 15 is 0 Å². The summed E-state index contributed by atoms with van der Waals surface area (Å²) in [7, 11) is 3.73. The number of ether oxygens (including phenoxy) is 1. The molecule has 65 valence electrons. The van der Waals surface area contributed by atoms with Crippen molar-refractivity contribution in [3.05, 3.63) is 6.42 Å². The molecule has 0 spiro atoms. The first-order chi connectivity index (χ1) is 5.07. The average molecular weight is 158 g/mol. The third-order valence-electron chi connectivity index (χ3n) is 1.38. The van der Waals surface area contributed by atoms with Crippen LogP contribution in [0.5, 0.6) is 0 Å². The monoisotopic (exact) mass is 158 g/mol. The van der Waals surface area contributed by atoms with E-state index in [0.717, 1.165) is 6.42 Å². The van der Waals surface area contributed by atoms with E-state index in [-0.39, 0.29) is 12.2 Å². The Morgan fingerprint density at radius 3 is 2.55 bits per heavy atom. The van der Waals surface area contributed by atoms with Gasteiger partial charge in [0.15, 0.2) is 6.23 Å². The second kappa shape index (κ2) is 5.13. The highest BCUT2D eigenvalue weighted by molar-refractivity contribution is 5.78. The molecule has 3 heteroatoms. The minimum absolute atomic E-state index is 0.148. The summed E-state index contributed by atoms with van der Waals surface area (Å²) in [5, 5.41) is 0. The Hall–Kier alpha value is -0.570. The van der Waals surface area contributed by atoms with E-state index in [1.54, 1.807) is 0 Å². The molecule has 1 atom stereocenters. The molecule has 0 aromatic carbocycles. The quantitative estimate of drug-likeness (QED) is 0.452. The molecule has 0 saturated carbocycles. The van der Waals surface area contributed by atoms with E-state index in [1.807, 2.05) is 32.8 Å². The van der Waals surface area contributed by atoms with Crippen molar-refractivity contribution in [2.75, 3.05) is 14.1 Å². The van der Waals surface area contributed by atoms with E-state index in [4.69, 9.17) is 4.74 Å². The molecule has 0 aliphatic carbocycles. The Morgan fingerprint density at radius 2 is 2.18 bits per heavy atom. The number of esters is 1. The fraction of sp³-hybridized carbons (Fsp3) is 0.750. The topological polar surface area (TPSA) is 29.5 Å². The van der Waals surface area contributed by atoms with Crippen LogP contribution in [0.4, 0.5) is 0 Å². The van der Waals surface area contributed by atoms with Gasteiger partial charge in [-0.3, -0.25) is 9.69 Å². The van der Waals surface area contributed by atoms with Crippen LogP contribution in [0.3, 0.4) is 0 Å². The van der Waals surface area contributed by atoms with Gasteiger partial charge in [-0.2, -0.15) is 0 Å². The minimum atomic E-state index is -0.242. The van der Waals surface area contributed by atoms with Crippen molar-refractivity contribution in [3.63, 3.8) is 0 Å². The maximum absolute atomic E-state index is 10.9. The summed E-state index contributed by atoms with van der Waals surface area (Å²) in [5.74, 6) is -0.242. The average Bonchev–Trinajstić information content (AvgIpc) is 1.87. The molecule has 0 fully saturated rings. The molecular formula is C8H16NO2. The molecule has 0 N–H and O–H groups in total. The SMILES string of the molecule is CC[CH]C(=O)OC(C)N(C)C. The third kappa shape index (κ3) is 4.79. The largest absolute Gasteiger partial charge is 0.446 e. The first-order valence-electron chi connectivity index (χ1n) is 3.78. The number of rotatable bonds is 4. The molecule has 0 saturated heterocycles. The van der Waals surface area contributed by atoms with Crippen LogP contribution >= 0.6 is 0 Å². The normalized spacial score (nSPS) is 13.2. The highest BCUT2D eigenvalue weighted by atomic mass is 16.6. The zero-order valence-electron chi connectivity index (χ0n) is 7.63. The molecule has 1 unspecified atom stereocenters. The van der Waals surface area contributed by atoms with Gasteiger partial charge >= 0.3 is 5.97 Å². The van der Waals surface area contributed by atoms with E-state index in [1.165, 1.54) is 6.42 Å². The number of hydrogen-bond donors (Lipinski definition) is 0. The first kappa shape index (κ1) is 10.4. The Morgan fingerprint density at radius 1 is 1.64 bits per heavy atom. The number of hydrogen-bond acceptors (Lipinski definition) is 3. The predicted octanol–water partition coefficient (Wildman–Crippen LogP) is 1.05. The Labute approximate surface area is 68.3 Å². The van der Waals surface area contributed by atoms with Gasteiger partial charge in [0.05, 0.1) is 6.42 Å². The molecule has 0 rings (SSSR count). The maximum atomic E-state index is 10.9. The van der Waals surface area contributed by atoms with Crippen molar-refractivity contribution in [2.24, 2.45) is 0 Å². The molecule has 1 radical (unpaired) electrons. The van der Waals surface area contributed by atoms with Crippen molar-refractivity contribution in [2.45, 2.75) is 26.5 Å². The summed E-state index contributed by atoms with van der Waals surface area (Å²) in [6.07, 6.45) is 2.10. The van der Waals surface area contributed by atoms with Crippen molar-refractivity contribution in [1.29, 1.82) is 0 Å². The van der Waals surface area contributed by atoms with Gasteiger partial charge in [-0.25, -0.2) is 0 Å².